The van der Waals surface area contributed by atoms with E-state index in [1.165, 1.54) is 12.3 Å². The third kappa shape index (κ3) is 2.78. The summed E-state index contributed by atoms with van der Waals surface area (Å²) in [6.07, 6.45) is 3.45. The Bertz CT molecular complexity index is 880. The maximum absolute atomic E-state index is 13.7. The van der Waals surface area contributed by atoms with Gasteiger partial charge in [-0.15, -0.1) is 0 Å². The monoisotopic (exact) mass is 329 g/mol. The minimum atomic E-state index is -0.490. The van der Waals surface area contributed by atoms with Gasteiger partial charge in [-0.2, -0.15) is 5.10 Å². The van der Waals surface area contributed by atoms with Crippen LogP contribution in [0.15, 0.2) is 34.9 Å². The van der Waals surface area contributed by atoms with Crippen LogP contribution in [-0.2, 0) is 4.74 Å². The summed E-state index contributed by atoms with van der Waals surface area (Å²) in [5, 5.41) is 10.3. The predicted octanol–water partition coefficient (Wildman–Crippen LogP) is 3.44. The molecule has 1 atom stereocenters. The summed E-state index contributed by atoms with van der Waals surface area (Å²) in [5.41, 5.74) is 1.42. The van der Waals surface area contributed by atoms with Crippen LogP contribution in [0.5, 0.6) is 0 Å². The van der Waals surface area contributed by atoms with Crippen molar-refractivity contribution in [3.05, 3.63) is 47.6 Å². The third-order valence-corrected chi connectivity index (χ3v) is 4.20. The highest BCUT2D eigenvalue weighted by molar-refractivity contribution is 6.11. The third-order valence-electron chi connectivity index (χ3n) is 4.20. The van der Waals surface area contributed by atoms with Gasteiger partial charge < -0.3 is 14.5 Å². The van der Waals surface area contributed by atoms with Crippen molar-refractivity contribution >= 4 is 22.7 Å². The van der Waals surface area contributed by atoms with Gasteiger partial charge >= 0.3 is 0 Å². The quantitative estimate of drug-likeness (QED) is 0.771. The van der Waals surface area contributed by atoms with Crippen LogP contribution in [0.1, 0.15) is 34.8 Å². The first-order valence-corrected chi connectivity index (χ1v) is 7.82. The lowest BCUT2D eigenvalue weighted by atomic mass is 9.99. The molecule has 7 heteroatoms. The molecule has 1 aromatic carbocycles. The van der Waals surface area contributed by atoms with Crippen LogP contribution >= 0.6 is 0 Å². The maximum Gasteiger partial charge on any atom is 0.260 e. The second-order valence-corrected chi connectivity index (χ2v) is 5.87. The Hall–Kier alpha value is -2.67. The lowest BCUT2D eigenvalue weighted by Gasteiger charge is -2.20. The lowest BCUT2D eigenvalue weighted by molar-refractivity contribution is 0.0793. The first-order valence-electron chi connectivity index (χ1n) is 7.82. The Morgan fingerprint density at radius 1 is 1.38 bits per heavy atom. The van der Waals surface area contributed by atoms with Crippen molar-refractivity contribution < 1.29 is 18.3 Å². The van der Waals surface area contributed by atoms with Gasteiger partial charge in [0.1, 0.15) is 11.4 Å². The molecule has 0 radical (unpaired) electrons. The highest BCUT2D eigenvalue weighted by Gasteiger charge is 2.20. The summed E-state index contributed by atoms with van der Waals surface area (Å²) < 4.78 is 24.4. The average molecular weight is 329 g/mol. The minimum Gasteiger partial charge on any atom is -0.464 e. The minimum absolute atomic E-state index is 0.139. The maximum atomic E-state index is 13.7. The van der Waals surface area contributed by atoms with E-state index >= 15 is 0 Å². The van der Waals surface area contributed by atoms with Crippen molar-refractivity contribution in [2.45, 2.75) is 18.8 Å². The number of nitrogens with one attached hydrogen (secondary N) is 2. The van der Waals surface area contributed by atoms with Gasteiger partial charge in [0.15, 0.2) is 5.82 Å². The van der Waals surface area contributed by atoms with Gasteiger partial charge in [0, 0.05) is 29.7 Å². The molecule has 1 amide bonds. The van der Waals surface area contributed by atoms with Crippen LogP contribution in [0.25, 0.3) is 11.0 Å². The zero-order valence-corrected chi connectivity index (χ0v) is 12.8. The van der Waals surface area contributed by atoms with E-state index in [4.69, 9.17) is 9.15 Å². The molecule has 3 heterocycles. The molecule has 0 aliphatic carbocycles. The van der Waals surface area contributed by atoms with Crippen molar-refractivity contribution in [2.24, 2.45) is 0 Å². The molecule has 0 spiro atoms. The van der Waals surface area contributed by atoms with Gasteiger partial charge in [0.05, 0.1) is 18.4 Å². The average Bonchev–Trinajstić information content (AvgIpc) is 3.24. The van der Waals surface area contributed by atoms with Crippen molar-refractivity contribution in [2.75, 3.05) is 18.5 Å². The Kier molecular flexibility index (Phi) is 3.78. The van der Waals surface area contributed by atoms with Crippen LogP contribution < -0.4 is 5.32 Å². The van der Waals surface area contributed by atoms with E-state index in [2.05, 4.69) is 15.5 Å². The standard InChI is InChI=1S/C17H16FN3O3/c18-12-6-10-3-5-24-16(10)13(7-12)17(22)19-15-8-14(20-21-15)11-2-1-4-23-9-11/h3,5-8,11H,1-2,4,9H2,(H2,19,20,21,22). The molecule has 1 aliphatic rings. The fourth-order valence-electron chi connectivity index (χ4n) is 2.99. The molecule has 4 rings (SSSR count). The van der Waals surface area contributed by atoms with E-state index in [0.717, 1.165) is 31.2 Å². The van der Waals surface area contributed by atoms with Gasteiger partial charge in [-0.05, 0) is 31.0 Å². The van der Waals surface area contributed by atoms with E-state index in [-0.39, 0.29) is 11.5 Å². The van der Waals surface area contributed by atoms with Crippen LogP contribution in [0.3, 0.4) is 0 Å². The van der Waals surface area contributed by atoms with E-state index in [1.807, 2.05) is 0 Å². The second kappa shape index (κ2) is 6.09. The first kappa shape index (κ1) is 14.9. The number of hydrogen-bond donors (Lipinski definition) is 2. The number of ether oxygens (including phenoxy) is 1. The number of benzene rings is 1. The number of aromatic amines is 1. The molecule has 124 valence electrons. The van der Waals surface area contributed by atoms with Gasteiger partial charge in [0.2, 0.25) is 0 Å². The summed E-state index contributed by atoms with van der Waals surface area (Å²) in [6.45, 7) is 1.43. The summed E-state index contributed by atoms with van der Waals surface area (Å²) in [7, 11) is 0. The Balaban J connectivity index is 1.55. The zero-order valence-electron chi connectivity index (χ0n) is 12.8. The first-order chi connectivity index (χ1) is 11.7. The number of amides is 1. The van der Waals surface area contributed by atoms with E-state index in [0.29, 0.717) is 23.4 Å². The second-order valence-electron chi connectivity index (χ2n) is 5.87. The lowest BCUT2D eigenvalue weighted by Crippen LogP contribution is -2.15. The zero-order chi connectivity index (χ0) is 16.5. The fraction of sp³-hybridized carbons (Fsp3) is 0.294. The van der Waals surface area contributed by atoms with E-state index in [1.54, 1.807) is 12.1 Å². The van der Waals surface area contributed by atoms with Gasteiger partial charge in [0.25, 0.3) is 5.91 Å². The van der Waals surface area contributed by atoms with Crippen molar-refractivity contribution in [3.8, 4) is 0 Å². The van der Waals surface area contributed by atoms with Crippen LogP contribution in [0, 0.1) is 5.82 Å². The van der Waals surface area contributed by atoms with Crippen molar-refractivity contribution in [1.82, 2.24) is 10.2 Å². The Morgan fingerprint density at radius 3 is 3.12 bits per heavy atom. The topological polar surface area (TPSA) is 80.1 Å². The molecule has 1 fully saturated rings. The fourth-order valence-corrected chi connectivity index (χ4v) is 2.99. The van der Waals surface area contributed by atoms with E-state index < -0.39 is 11.7 Å². The molecular formula is C17H16FN3O3. The molecule has 24 heavy (non-hydrogen) atoms. The van der Waals surface area contributed by atoms with Crippen molar-refractivity contribution in [3.63, 3.8) is 0 Å². The Morgan fingerprint density at radius 2 is 2.29 bits per heavy atom. The van der Waals surface area contributed by atoms with Crippen LogP contribution in [-0.4, -0.2) is 29.3 Å². The van der Waals surface area contributed by atoms with Gasteiger partial charge in [-0.1, -0.05) is 0 Å². The highest BCUT2D eigenvalue weighted by atomic mass is 19.1. The molecule has 2 aromatic heterocycles. The number of carbonyl (C=O) groups is 1. The predicted molar refractivity (Wildman–Crippen MR) is 85.5 cm³/mol. The SMILES string of the molecule is O=C(Nc1cc(C2CCCOC2)[nH]n1)c1cc(F)cc2ccoc12. The Labute approximate surface area is 137 Å². The summed E-state index contributed by atoms with van der Waals surface area (Å²) in [5.74, 6) is -0.309. The highest BCUT2D eigenvalue weighted by Crippen LogP contribution is 2.26. The number of H-pyrrole nitrogens is 1. The van der Waals surface area contributed by atoms with Crippen LogP contribution in [0.2, 0.25) is 0 Å². The number of anilines is 1. The normalized spacial score (nSPS) is 18.0. The number of fused-ring (bicyclic) bond motifs is 1. The molecule has 1 unspecified atom stereocenters. The largest absolute Gasteiger partial charge is 0.464 e. The molecule has 1 saturated heterocycles. The molecular weight excluding hydrogens is 313 g/mol. The van der Waals surface area contributed by atoms with E-state index in [9.17, 15) is 9.18 Å². The number of halogens is 1. The van der Waals surface area contributed by atoms with Gasteiger partial charge in [-0.3, -0.25) is 9.89 Å². The number of hydrogen-bond acceptors (Lipinski definition) is 4. The number of furan rings is 1. The summed E-state index contributed by atoms with van der Waals surface area (Å²) >= 11 is 0. The summed E-state index contributed by atoms with van der Waals surface area (Å²) in [6, 6.07) is 5.88. The molecule has 2 N–H and O–H groups in total. The number of carbonyl (C=O) groups excluding carboxylic acids is 1. The molecule has 1 aliphatic heterocycles. The molecule has 6 nitrogen and oxygen atoms in total. The molecule has 0 bridgehead atoms. The molecule has 3 aromatic rings. The van der Waals surface area contributed by atoms with Crippen molar-refractivity contribution in [1.29, 1.82) is 0 Å². The number of aromatic nitrogens is 2. The number of rotatable bonds is 3. The van der Waals surface area contributed by atoms with Crippen LogP contribution in [0.4, 0.5) is 10.2 Å². The smallest absolute Gasteiger partial charge is 0.260 e. The molecule has 0 saturated carbocycles. The van der Waals surface area contributed by atoms with Gasteiger partial charge in [-0.25, -0.2) is 4.39 Å². The number of nitrogens with zero attached hydrogens (tertiary/aromatic N) is 1. The summed E-state index contributed by atoms with van der Waals surface area (Å²) in [4.78, 5) is 12.4.